The Bertz CT molecular complexity index is 420. The fraction of sp³-hybridized carbons (Fsp3) is 0.182. The SMILES string of the molecule is O=C(O)C1C=CC=C(Cl)C1c1ccc[nH]1. The maximum absolute atomic E-state index is 11.1. The number of allylic oxidation sites excluding steroid dienone is 3. The van der Waals surface area contributed by atoms with E-state index < -0.39 is 11.9 Å². The zero-order valence-electron chi connectivity index (χ0n) is 7.85. The number of halogens is 1. The van der Waals surface area contributed by atoms with Crippen LogP contribution in [-0.2, 0) is 4.79 Å². The maximum atomic E-state index is 11.1. The van der Waals surface area contributed by atoms with Gasteiger partial charge in [0.25, 0.3) is 0 Å². The first-order valence-corrected chi connectivity index (χ1v) is 4.98. The molecule has 4 heteroatoms. The molecule has 0 radical (unpaired) electrons. The van der Waals surface area contributed by atoms with Gasteiger partial charge >= 0.3 is 5.97 Å². The Morgan fingerprint density at radius 2 is 2.33 bits per heavy atom. The van der Waals surface area contributed by atoms with Crippen LogP contribution in [0.4, 0.5) is 0 Å². The van der Waals surface area contributed by atoms with E-state index in [0.29, 0.717) is 5.03 Å². The monoisotopic (exact) mass is 223 g/mol. The van der Waals surface area contributed by atoms with Crippen molar-refractivity contribution in [3.8, 4) is 0 Å². The van der Waals surface area contributed by atoms with E-state index in [0.717, 1.165) is 5.69 Å². The van der Waals surface area contributed by atoms with Crippen LogP contribution in [-0.4, -0.2) is 16.1 Å². The normalized spacial score (nSPS) is 25.0. The fourth-order valence-corrected chi connectivity index (χ4v) is 2.08. The number of nitrogens with one attached hydrogen (secondary N) is 1. The molecule has 2 rings (SSSR count). The van der Waals surface area contributed by atoms with Crippen LogP contribution < -0.4 is 0 Å². The van der Waals surface area contributed by atoms with E-state index >= 15 is 0 Å². The number of aromatic amines is 1. The second-order valence-electron chi connectivity index (χ2n) is 3.40. The molecule has 0 saturated heterocycles. The van der Waals surface area contributed by atoms with Gasteiger partial charge in [-0.3, -0.25) is 4.79 Å². The topological polar surface area (TPSA) is 53.1 Å². The second-order valence-corrected chi connectivity index (χ2v) is 3.84. The van der Waals surface area contributed by atoms with Gasteiger partial charge in [-0.2, -0.15) is 0 Å². The fourth-order valence-electron chi connectivity index (χ4n) is 1.76. The van der Waals surface area contributed by atoms with Gasteiger partial charge in [-0.05, 0) is 18.2 Å². The van der Waals surface area contributed by atoms with Gasteiger partial charge in [-0.25, -0.2) is 0 Å². The molecule has 2 atom stereocenters. The third kappa shape index (κ3) is 1.83. The summed E-state index contributed by atoms with van der Waals surface area (Å²) in [6, 6.07) is 3.67. The molecule has 0 fully saturated rings. The summed E-state index contributed by atoms with van der Waals surface area (Å²) < 4.78 is 0. The second kappa shape index (κ2) is 3.95. The zero-order valence-corrected chi connectivity index (χ0v) is 8.61. The maximum Gasteiger partial charge on any atom is 0.311 e. The van der Waals surface area contributed by atoms with Crippen LogP contribution in [0.5, 0.6) is 0 Å². The summed E-state index contributed by atoms with van der Waals surface area (Å²) in [6.45, 7) is 0. The van der Waals surface area contributed by atoms with E-state index in [1.165, 1.54) is 0 Å². The standard InChI is InChI=1S/C11H10ClNO2/c12-8-4-1-3-7(11(14)15)10(8)9-5-2-6-13-9/h1-7,10,13H,(H,14,15). The highest BCUT2D eigenvalue weighted by atomic mass is 35.5. The van der Waals surface area contributed by atoms with Gasteiger partial charge in [-0.15, -0.1) is 0 Å². The van der Waals surface area contributed by atoms with Crippen molar-refractivity contribution in [3.05, 3.63) is 47.3 Å². The van der Waals surface area contributed by atoms with Crippen LogP contribution >= 0.6 is 11.6 Å². The highest BCUT2D eigenvalue weighted by molar-refractivity contribution is 6.30. The average Bonchev–Trinajstić information content (AvgIpc) is 2.70. The van der Waals surface area contributed by atoms with Gasteiger partial charge in [0.15, 0.2) is 0 Å². The van der Waals surface area contributed by atoms with Crippen molar-refractivity contribution >= 4 is 17.6 Å². The van der Waals surface area contributed by atoms with Gasteiger partial charge in [-0.1, -0.05) is 23.8 Å². The van der Waals surface area contributed by atoms with Crippen molar-refractivity contribution in [1.29, 1.82) is 0 Å². The third-order valence-electron chi connectivity index (χ3n) is 2.47. The van der Waals surface area contributed by atoms with Crippen LogP contribution in [0.25, 0.3) is 0 Å². The van der Waals surface area contributed by atoms with Gasteiger partial charge < -0.3 is 10.1 Å². The molecule has 3 nitrogen and oxygen atoms in total. The lowest BCUT2D eigenvalue weighted by atomic mass is 9.86. The molecule has 0 aliphatic heterocycles. The first-order valence-electron chi connectivity index (χ1n) is 4.60. The molecule has 2 unspecified atom stereocenters. The van der Waals surface area contributed by atoms with Crippen molar-refractivity contribution in [2.45, 2.75) is 5.92 Å². The molecule has 1 aliphatic carbocycles. The summed E-state index contributed by atoms with van der Waals surface area (Å²) in [7, 11) is 0. The molecule has 1 heterocycles. The molecule has 0 aromatic carbocycles. The van der Waals surface area contributed by atoms with E-state index in [1.807, 2.05) is 12.1 Å². The summed E-state index contributed by atoms with van der Waals surface area (Å²) in [6.07, 6.45) is 6.82. The summed E-state index contributed by atoms with van der Waals surface area (Å²) >= 11 is 6.04. The number of aromatic nitrogens is 1. The molecule has 15 heavy (non-hydrogen) atoms. The van der Waals surface area contributed by atoms with Crippen LogP contribution in [0, 0.1) is 5.92 Å². The van der Waals surface area contributed by atoms with E-state index in [4.69, 9.17) is 16.7 Å². The summed E-state index contributed by atoms with van der Waals surface area (Å²) in [5, 5.41) is 9.62. The van der Waals surface area contributed by atoms with Gasteiger partial charge in [0.2, 0.25) is 0 Å². The minimum absolute atomic E-state index is 0.302. The number of carboxylic acid groups (broad SMARTS) is 1. The molecular formula is C11H10ClNO2. The highest BCUT2D eigenvalue weighted by Gasteiger charge is 2.31. The minimum atomic E-state index is -0.864. The molecule has 0 spiro atoms. The number of hydrogen-bond donors (Lipinski definition) is 2. The Balaban J connectivity index is 2.38. The van der Waals surface area contributed by atoms with Crippen molar-refractivity contribution in [2.75, 3.05) is 0 Å². The number of carbonyl (C=O) groups is 1. The van der Waals surface area contributed by atoms with Crippen LogP contribution in [0.1, 0.15) is 11.6 Å². The highest BCUT2D eigenvalue weighted by Crippen LogP contribution is 2.37. The molecule has 1 aromatic heterocycles. The van der Waals surface area contributed by atoms with Gasteiger partial charge in [0.05, 0.1) is 11.8 Å². The summed E-state index contributed by atoms with van der Waals surface area (Å²) in [5.41, 5.74) is 0.827. The summed E-state index contributed by atoms with van der Waals surface area (Å²) in [4.78, 5) is 14.1. The van der Waals surface area contributed by atoms with Crippen molar-refractivity contribution in [2.24, 2.45) is 5.92 Å². The number of aliphatic carboxylic acids is 1. The largest absolute Gasteiger partial charge is 0.481 e. The molecule has 0 amide bonds. The van der Waals surface area contributed by atoms with Crippen molar-refractivity contribution in [3.63, 3.8) is 0 Å². The van der Waals surface area contributed by atoms with E-state index in [-0.39, 0.29) is 5.92 Å². The number of carboxylic acids is 1. The Morgan fingerprint density at radius 1 is 1.53 bits per heavy atom. The first-order chi connectivity index (χ1) is 7.20. The Morgan fingerprint density at radius 3 is 2.93 bits per heavy atom. The van der Waals surface area contributed by atoms with Crippen molar-refractivity contribution in [1.82, 2.24) is 4.98 Å². The lowest BCUT2D eigenvalue weighted by Crippen LogP contribution is -2.22. The van der Waals surface area contributed by atoms with Crippen LogP contribution in [0.2, 0.25) is 0 Å². The smallest absolute Gasteiger partial charge is 0.311 e. The Labute approximate surface area is 92.1 Å². The van der Waals surface area contributed by atoms with Gasteiger partial charge in [0.1, 0.15) is 0 Å². The molecule has 0 saturated carbocycles. The molecule has 2 N–H and O–H groups in total. The molecule has 0 bridgehead atoms. The first kappa shape index (κ1) is 10.1. The number of hydrogen-bond acceptors (Lipinski definition) is 1. The molecular weight excluding hydrogens is 214 g/mol. The average molecular weight is 224 g/mol. The number of H-pyrrole nitrogens is 1. The molecule has 78 valence electrons. The lowest BCUT2D eigenvalue weighted by molar-refractivity contribution is -0.140. The van der Waals surface area contributed by atoms with Gasteiger partial charge in [0, 0.05) is 16.9 Å². The molecule has 1 aromatic rings. The minimum Gasteiger partial charge on any atom is -0.481 e. The predicted molar refractivity (Wildman–Crippen MR) is 57.7 cm³/mol. The Hall–Kier alpha value is -1.48. The van der Waals surface area contributed by atoms with E-state index in [2.05, 4.69) is 4.98 Å². The number of rotatable bonds is 2. The third-order valence-corrected chi connectivity index (χ3v) is 2.83. The molecule has 1 aliphatic rings. The quantitative estimate of drug-likeness (QED) is 0.810. The lowest BCUT2D eigenvalue weighted by Gasteiger charge is -2.22. The van der Waals surface area contributed by atoms with Crippen molar-refractivity contribution < 1.29 is 9.90 Å². The summed E-state index contributed by atoms with van der Waals surface area (Å²) in [5.74, 6) is -1.76. The van der Waals surface area contributed by atoms with E-state index in [1.54, 1.807) is 24.4 Å². The van der Waals surface area contributed by atoms with Crippen LogP contribution in [0.3, 0.4) is 0 Å². The zero-order chi connectivity index (χ0) is 10.8. The van der Waals surface area contributed by atoms with E-state index in [9.17, 15) is 4.79 Å². The predicted octanol–water partition coefficient (Wildman–Crippen LogP) is 2.49. The Kier molecular flexibility index (Phi) is 2.64. The van der Waals surface area contributed by atoms with Crippen LogP contribution in [0.15, 0.2) is 41.6 Å².